The summed E-state index contributed by atoms with van der Waals surface area (Å²) in [6.45, 7) is 0. The second-order valence-electron chi connectivity index (χ2n) is 0. The van der Waals surface area contributed by atoms with E-state index in [9.17, 15) is 0 Å². The van der Waals surface area contributed by atoms with Crippen molar-refractivity contribution >= 4 is 35.4 Å². The zero-order valence-electron chi connectivity index (χ0n) is 1.65. The maximum absolute atomic E-state index is 8.34. The van der Waals surface area contributed by atoms with E-state index in [0.29, 0.717) is 23.0 Å². The first-order chi connectivity index (χ1) is 1.00. The van der Waals surface area contributed by atoms with Gasteiger partial charge < -0.3 is 0 Å². The molecule has 0 unspecified atom stereocenters. The molecule has 1 nitrogen and oxygen atoms in total. The van der Waals surface area contributed by atoms with Crippen LogP contribution in [0.3, 0.4) is 0 Å². The predicted molar refractivity (Wildman–Crippen MR) is 15.1 cm³/mol. The van der Waals surface area contributed by atoms with Gasteiger partial charge in [-0.25, -0.2) is 0 Å². The van der Waals surface area contributed by atoms with Gasteiger partial charge in [-0.05, 0) is 0 Å². The number of hydrogen-bond acceptors (Lipinski definition) is 1. The quantitative estimate of drug-likeness (QED) is 0.524. The van der Waals surface area contributed by atoms with Crippen molar-refractivity contribution in [2.24, 2.45) is 0 Å². The molecule has 0 aromatic carbocycles. The Hall–Kier alpha value is 1.41. The molecule has 0 aliphatic carbocycles. The molecule has 4 heavy (non-hydrogen) atoms. The maximum atomic E-state index is 8.34. The van der Waals surface area contributed by atoms with Gasteiger partial charge in [0, 0.05) is 16.8 Å². The van der Waals surface area contributed by atoms with Gasteiger partial charge >= 0.3 is 26.0 Å². The average Bonchev–Trinajstić information content (AvgIpc) is 1.00. The molecule has 0 atom stereocenters. The summed E-state index contributed by atoms with van der Waals surface area (Å²) in [5.74, 6) is 0. The molecule has 0 aliphatic heterocycles. The van der Waals surface area contributed by atoms with Crippen LogP contribution in [0.1, 0.15) is 0 Å². The summed E-state index contributed by atoms with van der Waals surface area (Å²) < 4.78 is 8.34. The Morgan fingerprint density at radius 2 is 1.25 bits per heavy atom. The molecule has 4 heteroatoms. The molecule has 0 amide bonds. The molecule has 0 saturated carbocycles. The molecule has 0 N–H and O–H groups in total. The normalized spacial score (nSPS) is 1.00. The Kier molecular flexibility index (Phi) is 116. The molecule has 29 valence electrons. The van der Waals surface area contributed by atoms with Crippen molar-refractivity contribution in [3.05, 3.63) is 0 Å². The van der Waals surface area contributed by atoms with Crippen LogP contribution >= 0.6 is 12.4 Å². The Bertz CT molecular complexity index is 8.00. The Labute approximate surface area is 55.0 Å². The second-order valence-corrected chi connectivity index (χ2v) is 0. The Morgan fingerprint density at radius 1 is 1.25 bits per heavy atom. The van der Waals surface area contributed by atoms with Crippen LogP contribution in [0.2, 0.25) is 0 Å². The van der Waals surface area contributed by atoms with E-state index in [2.05, 4.69) is 0 Å². The number of hydrogen-bond donors (Lipinski definition) is 0. The van der Waals surface area contributed by atoms with E-state index in [4.69, 9.17) is 3.02 Å². The van der Waals surface area contributed by atoms with E-state index in [1.54, 1.807) is 0 Å². The predicted octanol–water partition coefficient (Wildman–Crippen LogP) is -0.348. The third kappa shape index (κ3) is 9.95. The van der Waals surface area contributed by atoms with Crippen molar-refractivity contribution in [3.63, 3.8) is 0 Å². The first-order valence-corrected chi connectivity index (χ1v) is 1.37. The van der Waals surface area contributed by atoms with Gasteiger partial charge in [-0.1, -0.05) is 0 Å². The molecule has 0 aliphatic rings. The minimum absolute atomic E-state index is 0. The molecule has 0 aromatic heterocycles. The minimum atomic E-state index is 0. The molecule has 0 bridgehead atoms. The van der Waals surface area contributed by atoms with Crippen LogP contribution in [0, 0.1) is 0 Å². The molecule has 0 spiro atoms. The summed E-state index contributed by atoms with van der Waals surface area (Å²) in [7, 11) is 0. The third-order valence-electron chi connectivity index (χ3n) is 0. The molecular formula is H2ClCoOSb. The number of halogens is 1. The molecule has 0 rings (SSSR count). The van der Waals surface area contributed by atoms with Crippen LogP contribution in [0.15, 0.2) is 0 Å². The Balaban J connectivity index is -0.00000000500. The van der Waals surface area contributed by atoms with Crippen LogP contribution in [-0.2, 0) is 19.8 Å². The van der Waals surface area contributed by atoms with E-state index in [1.165, 1.54) is 0 Å². The third-order valence-corrected chi connectivity index (χ3v) is 0. The molecule has 0 fully saturated rings. The fraction of sp³-hybridized carbons (Fsp3) is 0. The number of rotatable bonds is 0. The van der Waals surface area contributed by atoms with Crippen LogP contribution < -0.4 is 0 Å². The van der Waals surface area contributed by atoms with Crippen LogP contribution in [-0.4, -0.2) is 23.0 Å². The van der Waals surface area contributed by atoms with Crippen LogP contribution in [0.4, 0.5) is 0 Å². The van der Waals surface area contributed by atoms with Crippen LogP contribution in [0.25, 0.3) is 0 Å². The first kappa shape index (κ1) is 18.1. The van der Waals surface area contributed by atoms with Crippen molar-refractivity contribution < 1.29 is 19.8 Å². The van der Waals surface area contributed by atoms with E-state index in [1.807, 2.05) is 0 Å². The standard InChI is InChI=1S/ClH.Co.O.Sb.H/h1H;;;;. The van der Waals surface area contributed by atoms with Gasteiger partial charge in [0.1, 0.15) is 0 Å². The molecule has 0 saturated heterocycles. The van der Waals surface area contributed by atoms with Crippen molar-refractivity contribution in [1.82, 2.24) is 0 Å². The summed E-state index contributed by atoms with van der Waals surface area (Å²) >= 11 is 0.300. The molecule has 0 heterocycles. The second kappa shape index (κ2) is 25.7. The zero-order chi connectivity index (χ0) is 2.00. The van der Waals surface area contributed by atoms with E-state index in [0.717, 1.165) is 0 Å². The van der Waals surface area contributed by atoms with Crippen LogP contribution in [0.5, 0.6) is 0 Å². The Morgan fingerprint density at radius 3 is 1.25 bits per heavy atom. The van der Waals surface area contributed by atoms with Crippen molar-refractivity contribution in [2.45, 2.75) is 0 Å². The van der Waals surface area contributed by atoms with Gasteiger partial charge in [-0.3, -0.25) is 0 Å². The SMILES string of the molecule is Cl.[Co].[O]=[SbH]. The van der Waals surface area contributed by atoms with Crippen molar-refractivity contribution in [3.8, 4) is 0 Å². The van der Waals surface area contributed by atoms with E-state index in [-0.39, 0.29) is 29.2 Å². The van der Waals surface area contributed by atoms with E-state index >= 15 is 0 Å². The van der Waals surface area contributed by atoms with Crippen molar-refractivity contribution in [2.75, 3.05) is 0 Å². The zero-order valence-corrected chi connectivity index (χ0v) is 6.36. The summed E-state index contributed by atoms with van der Waals surface area (Å²) in [4.78, 5) is 0. The van der Waals surface area contributed by atoms with Gasteiger partial charge in [-0.15, -0.1) is 12.4 Å². The monoisotopic (exact) mass is 233 g/mol. The summed E-state index contributed by atoms with van der Waals surface area (Å²) in [5.41, 5.74) is 0. The van der Waals surface area contributed by atoms with Gasteiger partial charge in [0.05, 0.1) is 0 Å². The first-order valence-electron chi connectivity index (χ1n) is 0.204. The molecule has 0 aromatic rings. The van der Waals surface area contributed by atoms with Crippen molar-refractivity contribution in [1.29, 1.82) is 0 Å². The van der Waals surface area contributed by atoms with Gasteiger partial charge in [-0.2, -0.15) is 0 Å². The fourth-order valence-corrected chi connectivity index (χ4v) is 0. The molecule has 1 radical (unpaired) electrons. The average molecular weight is 234 g/mol. The van der Waals surface area contributed by atoms with Gasteiger partial charge in [0.2, 0.25) is 0 Å². The topological polar surface area (TPSA) is 17.1 Å². The summed E-state index contributed by atoms with van der Waals surface area (Å²) in [6, 6.07) is 0. The van der Waals surface area contributed by atoms with E-state index < -0.39 is 0 Å². The fourth-order valence-electron chi connectivity index (χ4n) is 0. The summed E-state index contributed by atoms with van der Waals surface area (Å²) in [6.07, 6.45) is 0. The van der Waals surface area contributed by atoms with Gasteiger partial charge in [0.15, 0.2) is 0 Å². The van der Waals surface area contributed by atoms with Gasteiger partial charge in [0.25, 0.3) is 0 Å². The summed E-state index contributed by atoms with van der Waals surface area (Å²) in [5, 5.41) is 0. The molecular weight excluding hydrogens is 232 g/mol.